The van der Waals surface area contributed by atoms with Crippen molar-refractivity contribution >= 4 is 26.8 Å². The van der Waals surface area contributed by atoms with E-state index in [-0.39, 0.29) is 27.9 Å². The Morgan fingerprint density at radius 1 is 1.23 bits per heavy atom. The van der Waals surface area contributed by atoms with E-state index in [1.54, 1.807) is 25.4 Å². The van der Waals surface area contributed by atoms with E-state index in [2.05, 4.69) is 5.32 Å². The lowest BCUT2D eigenvalue weighted by Crippen LogP contribution is -2.38. The number of nitrogens with one attached hydrogen (secondary N) is 1. The summed E-state index contributed by atoms with van der Waals surface area (Å²) in [6.07, 6.45) is 7.20. The van der Waals surface area contributed by atoms with Crippen LogP contribution in [0.4, 0.5) is 0 Å². The quantitative estimate of drug-likeness (QED) is 0.704. The number of fused-ring (bicyclic) bond motifs is 1. The molecule has 0 saturated heterocycles. The number of hydrogen-bond donors (Lipinski definition) is 1. The highest BCUT2D eigenvalue weighted by atomic mass is 32.2. The average molecular weight is 448 g/mol. The molecule has 1 saturated carbocycles. The summed E-state index contributed by atoms with van der Waals surface area (Å²) in [4.78, 5) is 26.0. The number of amides is 1. The van der Waals surface area contributed by atoms with E-state index in [4.69, 9.17) is 0 Å². The number of aromatic nitrogens is 1. The Morgan fingerprint density at radius 3 is 2.52 bits per heavy atom. The molecule has 7 nitrogen and oxygen atoms in total. The minimum atomic E-state index is -3.74. The molecule has 1 heterocycles. The Hall–Kier alpha value is -2.19. The average Bonchev–Trinajstić information content (AvgIpc) is 2.78. The van der Waals surface area contributed by atoms with Crippen molar-refractivity contribution in [1.82, 2.24) is 14.2 Å². The zero-order valence-corrected chi connectivity index (χ0v) is 19.7. The molecule has 1 unspecified atom stereocenters. The number of aryl methyl sites for hydroxylation is 1. The van der Waals surface area contributed by atoms with Gasteiger partial charge in [-0.25, -0.2) is 8.42 Å². The second-order valence-electron chi connectivity index (χ2n) is 8.43. The third-order valence-electron chi connectivity index (χ3n) is 6.39. The molecule has 31 heavy (non-hydrogen) atoms. The van der Waals surface area contributed by atoms with Gasteiger partial charge in [-0.2, -0.15) is 4.31 Å². The first-order valence-corrected chi connectivity index (χ1v) is 12.6. The van der Waals surface area contributed by atoms with Crippen LogP contribution >= 0.6 is 0 Å². The van der Waals surface area contributed by atoms with Crippen molar-refractivity contribution in [3.8, 4) is 0 Å². The van der Waals surface area contributed by atoms with Crippen molar-refractivity contribution in [3.63, 3.8) is 0 Å². The van der Waals surface area contributed by atoms with E-state index in [1.165, 1.54) is 10.4 Å². The third kappa shape index (κ3) is 4.70. The lowest BCUT2D eigenvalue weighted by atomic mass is 9.96. The first-order chi connectivity index (χ1) is 14.7. The van der Waals surface area contributed by atoms with E-state index in [9.17, 15) is 18.0 Å². The number of benzene rings is 1. The molecule has 1 aromatic heterocycles. The van der Waals surface area contributed by atoms with Crippen LogP contribution < -0.4 is 10.7 Å². The number of hydrogen-bond acceptors (Lipinski definition) is 4. The first kappa shape index (κ1) is 23.5. The van der Waals surface area contributed by atoms with Crippen molar-refractivity contribution in [3.05, 3.63) is 40.2 Å². The van der Waals surface area contributed by atoms with Crippen molar-refractivity contribution in [1.29, 1.82) is 0 Å². The van der Waals surface area contributed by atoms with Crippen molar-refractivity contribution < 1.29 is 13.2 Å². The zero-order chi connectivity index (χ0) is 22.8. The van der Waals surface area contributed by atoms with Gasteiger partial charge in [-0.05, 0) is 51.3 Å². The molecule has 1 aromatic carbocycles. The fraction of sp³-hybridized carbons (Fsp3) is 0.565. The highest BCUT2D eigenvalue weighted by Crippen LogP contribution is 2.27. The van der Waals surface area contributed by atoms with Gasteiger partial charge in [-0.15, -0.1) is 0 Å². The van der Waals surface area contributed by atoms with E-state index >= 15 is 0 Å². The Bertz CT molecular complexity index is 1120. The predicted molar refractivity (Wildman–Crippen MR) is 123 cm³/mol. The Morgan fingerprint density at radius 2 is 1.90 bits per heavy atom. The summed E-state index contributed by atoms with van der Waals surface area (Å²) in [5.74, 6) is -0.434. The molecule has 1 N–H and O–H groups in total. The zero-order valence-electron chi connectivity index (χ0n) is 18.8. The molecule has 2 aromatic rings. The molecule has 0 aliphatic heterocycles. The number of carbonyl (C=O) groups excluding carboxylic acids is 1. The van der Waals surface area contributed by atoms with Crippen LogP contribution in [0.2, 0.25) is 0 Å². The SMILES string of the molecule is CCC(C)NC(=O)c1cn(CC)c2ccc(S(=O)(=O)N(C)C3CCCCC3)cc2c1=O. The van der Waals surface area contributed by atoms with Gasteiger partial charge in [-0.1, -0.05) is 26.2 Å². The number of pyridine rings is 1. The molecular formula is C23H33N3O4S. The summed E-state index contributed by atoms with van der Waals surface area (Å²) in [7, 11) is -2.12. The van der Waals surface area contributed by atoms with Crippen LogP contribution in [-0.4, -0.2) is 42.3 Å². The Kier molecular flexibility index (Phi) is 7.21. The van der Waals surface area contributed by atoms with E-state index in [1.807, 2.05) is 25.3 Å². The molecule has 170 valence electrons. The molecule has 1 amide bonds. The van der Waals surface area contributed by atoms with Gasteiger partial charge in [0.25, 0.3) is 5.91 Å². The highest BCUT2D eigenvalue weighted by Gasteiger charge is 2.29. The first-order valence-electron chi connectivity index (χ1n) is 11.2. The largest absolute Gasteiger partial charge is 0.349 e. The summed E-state index contributed by atoms with van der Waals surface area (Å²) < 4.78 is 29.8. The molecular weight excluding hydrogens is 414 g/mol. The molecule has 1 atom stereocenters. The molecule has 1 fully saturated rings. The van der Waals surface area contributed by atoms with E-state index < -0.39 is 21.4 Å². The van der Waals surface area contributed by atoms with Crippen LogP contribution in [0.15, 0.2) is 34.1 Å². The fourth-order valence-electron chi connectivity index (χ4n) is 4.17. The van der Waals surface area contributed by atoms with Crippen molar-refractivity contribution in [2.24, 2.45) is 0 Å². The monoisotopic (exact) mass is 447 g/mol. The second kappa shape index (κ2) is 9.53. The summed E-state index contributed by atoms with van der Waals surface area (Å²) in [6.45, 7) is 6.30. The predicted octanol–water partition coefficient (Wildman–Crippen LogP) is 3.50. The normalized spacial score (nSPS) is 16.5. The van der Waals surface area contributed by atoms with Gasteiger partial charge in [-0.3, -0.25) is 9.59 Å². The van der Waals surface area contributed by atoms with Gasteiger partial charge in [0.2, 0.25) is 15.5 Å². The molecule has 1 aliphatic carbocycles. The Balaban J connectivity index is 2.08. The summed E-state index contributed by atoms with van der Waals surface area (Å²) >= 11 is 0. The van der Waals surface area contributed by atoms with Gasteiger partial charge >= 0.3 is 0 Å². The van der Waals surface area contributed by atoms with Crippen LogP contribution in [-0.2, 0) is 16.6 Å². The molecule has 1 aliphatic rings. The topological polar surface area (TPSA) is 88.5 Å². The second-order valence-corrected chi connectivity index (χ2v) is 10.4. The van der Waals surface area contributed by atoms with Crippen LogP contribution in [0, 0.1) is 0 Å². The fourth-order valence-corrected chi connectivity index (χ4v) is 5.61. The highest BCUT2D eigenvalue weighted by molar-refractivity contribution is 7.89. The van der Waals surface area contributed by atoms with Crippen LogP contribution in [0.5, 0.6) is 0 Å². The van der Waals surface area contributed by atoms with Gasteiger partial charge in [0.1, 0.15) is 5.56 Å². The van der Waals surface area contributed by atoms with Crippen LogP contribution in [0.1, 0.15) is 69.7 Å². The minimum Gasteiger partial charge on any atom is -0.349 e. The maximum Gasteiger partial charge on any atom is 0.256 e. The van der Waals surface area contributed by atoms with E-state index in [0.717, 1.165) is 38.5 Å². The number of rotatable bonds is 7. The van der Waals surface area contributed by atoms with Gasteiger partial charge in [0.15, 0.2) is 0 Å². The van der Waals surface area contributed by atoms with Crippen molar-refractivity contribution in [2.75, 3.05) is 7.05 Å². The van der Waals surface area contributed by atoms with Crippen molar-refractivity contribution in [2.45, 2.75) is 82.8 Å². The van der Waals surface area contributed by atoms with Crippen LogP contribution in [0.25, 0.3) is 10.9 Å². The van der Waals surface area contributed by atoms with Crippen LogP contribution in [0.3, 0.4) is 0 Å². The summed E-state index contributed by atoms with van der Waals surface area (Å²) in [5, 5.41) is 3.08. The van der Waals surface area contributed by atoms with E-state index in [0.29, 0.717) is 12.1 Å². The van der Waals surface area contributed by atoms with Gasteiger partial charge in [0, 0.05) is 37.3 Å². The van der Waals surface area contributed by atoms with Gasteiger partial charge < -0.3 is 9.88 Å². The summed E-state index contributed by atoms with van der Waals surface area (Å²) in [6, 6.07) is 4.57. The maximum atomic E-state index is 13.3. The lowest BCUT2D eigenvalue weighted by Gasteiger charge is -2.30. The minimum absolute atomic E-state index is 0.0191. The summed E-state index contributed by atoms with van der Waals surface area (Å²) in [5.41, 5.74) is 0.203. The molecule has 0 spiro atoms. The number of sulfonamides is 1. The number of carbonyl (C=O) groups is 1. The maximum absolute atomic E-state index is 13.3. The standard InChI is InChI=1S/C23H33N3O4S/c1-5-16(3)24-23(28)20-15-26(6-2)21-13-12-18(14-19(21)22(20)27)31(29,30)25(4)17-10-8-7-9-11-17/h12-17H,5-11H2,1-4H3,(H,24,28). The Labute approximate surface area is 184 Å². The smallest absolute Gasteiger partial charge is 0.256 e. The number of nitrogens with zero attached hydrogens (tertiary/aromatic N) is 2. The molecule has 0 bridgehead atoms. The lowest BCUT2D eigenvalue weighted by molar-refractivity contribution is 0.0937. The molecule has 3 rings (SSSR count). The molecule has 0 radical (unpaired) electrons. The third-order valence-corrected chi connectivity index (χ3v) is 8.30. The molecule has 8 heteroatoms. The van der Waals surface area contributed by atoms with Gasteiger partial charge in [0.05, 0.1) is 10.4 Å².